The molecular weight excluding hydrogens is 406 g/mol. The third kappa shape index (κ3) is 3.59. The van der Waals surface area contributed by atoms with Crippen molar-refractivity contribution >= 4 is 30.5 Å². The monoisotopic (exact) mass is 422 g/mol. The van der Waals surface area contributed by atoms with Crippen LogP contribution in [0.3, 0.4) is 0 Å². The Balaban J connectivity index is 0.00000225. The molecule has 28 heavy (non-hydrogen) atoms. The van der Waals surface area contributed by atoms with E-state index in [4.69, 9.17) is 15.4 Å². The maximum atomic E-state index is 10.8. The van der Waals surface area contributed by atoms with Gasteiger partial charge in [-0.15, -0.1) is 0 Å². The standard InChI is InChI=1S/C13H17N6O7P.Na/c1-18-11-7-5(10(14)17-18)2-19(12(7)16-4-15-11)13-9(21)8(20)6(26-13)3-25-27(22,23)24;/h2,4,6,8-9,13,20-21H,3H2,1H3,(H2,14,17)(H2,22,23,24);/q;+1/p-1. The summed E-state index contributed by atoms with van der Waals surface area (Å²) >= 11 is 0. The average Bonchev–Trinajstić information content (AvgIpc) is 3.11. The number of amidine groups is 1. The van der Waals surface area contributed by atoms with Crippen LogP contribution in [0.1, 0.15) is 11.8 Å². The predicted molar refractivity (Wildman–Crippen MR) is 88.4 cm³/mol. The van der Waals surface area contributed by atoms with Gasteiger partial charge in [0.25, 0.3) is 7.82 Å². The van der Waals surface area contributed by atoms with Gasteiger partial charge in [-0.05, 0) is 0 Å². The van der Waals surface area contributed by atoms with Crippen molar-refractivity contribution in [2.75, 3.05) is 18.7 Å². The van der Waals surface area contributed by atoms with Gasteiger partial charge >= 0.3 is 29.6 Å². The molecular formula is C13H16N6NaO7P. The first-order valence-electron chi connectivity index (χ1n) is 7.81. The third-order valence-corrected chi connectivity index (χ3v) is 4.92. The molecule has 4 rings (SSSR count). The van der Waals surface area contributed by atoms with Gasteiger partial charge in [-0.25, -0.2) is 15.0 Å². The number of anilines is 1. The summed E-state index contributed by atoms with van der Waals surface area (Å²) in [4.78, 5) is 27.8. The van der Waals surface area contributed by atoms with E-state index in [1.807, 2.05) is 0 Å². The van der Waals surface area contributed by atoms with Gasteiger partial charge < -0.3 is 39.6 Å². The molecule has 0 radical (unpaired) electrons. The summed E-state index contributed by atoms with van der Waals surface area (Å²) in [5, 5.41) is 26.8. The molecule has 1 saturated heterocycles. The van der Waals surface area contributed by atoms with Crippen LogP contribution in [0.2, 0.25) is 0 Å². The van der Waals surface area contributed by atoms with E-state index < -0.39 is 39.0 Å². The first-order chi connectivity index (χ1) is 12.7. The number of phosphoric ester groups is 1. The van der Waals surface area contributed by atoms with Gasteiger partial charge in [0.1, 0.15) is 30.3 Å². The first kappa shape index (κ1) is 21.6. The maximum Gasteiger partial charge on any atom is 1.00 e. The molecule has 2 aromatic rings. The van der Waals surface area contributed by atoms with Crippen LogP contribution in [0.5, 0.6) is 0 Å². The van der Waals surface area contributed by atoms with Crippen LogP contribution in [-0.4, -0.2) is 67.4 Å². The van der Waals surface area contributed by atoms with Gasteiger partial charge in [-0.1, -0.05) is 0 Å². The molecule has 13 nitrogen and oxygen atoms in total. The van der Waals surface area contributed by atoms with Crippen molar-refractivity contribution in [3.05, 3.63) is 18.1 Å². The van der Waals surface area contributed by atoms with Crippen molar-refractivity contribution in [1.82, 2.24) is 14.5 Å². The zero-order valence-corrected chi connectivity index (χ0v) is 17.8. The van der Waals surface area contributed by atoms with Crippen LogP contribution in [0, 0.1) is 0 Å². The summed E-state index contributed by atoms with van der Waals surface area (Å²) in [5.74, 6) is 0.715. The molecule has 0 amide bonds. The first-order valence-corrected chi connectivity index (χ1v) is 9.30. The molecule has 146 valence electrons. The minimum atomic E-state index is -5.00. The zero-order valence-electron chi connectivity index (χ0n) is 14.9. The molecule has 2 aliphatic rings. The summed E-state index contributed by atoms with van der Waals surface area (Å²) in [5.41, 5.74) is 6.88. The summed E-state index contributed by atoms with van der Waals surface area (Å²) in [6.07, 6.45) is -2.30. The van der Waals surface area contributed by atoms with Crippen molar-refractivity contribution in [3.8, 4) is 0 Å². The van der Waals surface area contributed by atoms with Crippen LogP contribution in [0.25, 0.3) is 11.0 Å². The second-order valence-corrected chi connectivity index (χ2v) is 7.36. The molecule has 0 bridgehead atoms. The number of ether oxygens (including phenoxy) is 1. The minimum absolute atomic E-state index is 0. The largest absolute Gasteiger partial charge is 1.00 e. The van der Waals surface area contributed by atoms with Gasteiger partial charge in [0.2, 0.25) is 0 Å². The summed E-state index contributed by atoms with van der Waals surface area (Å²) in [6, 6.07) is 0. The molecule has 4 heterocycles. The fraction of sp³-hybridized carbons (Fsp3) is 0.462. The Bertz CT molecular complexity index is 980. The number of nitrogens with zero attached hydrogens (tertiary/aromatic N) is 5. The van der Waals surface area contributed by atoms with Crippen LogP contribution >= 0.6 is 7.82 Å². The molecule has 0 aromatic carbocycles. The summed E-state index contributed by atoms with van der Waals surface area (Å²) in [7, 11) is -3.33. The molecule has 5 atom stereocenters. The van der Waals surface area contributed by atoms with Gasteiger partial charge in [0.05, 0.1) is 12.0 Å². The fourth-order valence-electron chi connectivity index (χ4n) is 3.23. The van der Waals surface area contributed by atoms with Gasteiger partial charge in [-0.2, -0.15) is 5.10 Å². The third-order valence-electron chi connectivity index (χ3n) is 4.44. The van der Waals surface area contributed by atoms with Crippen molar-refractivity contribution < 1.29 is 63.4 Å². The van der Waals surface area contributed by atoms with E-state index >= 15 is 0 Å². The van der Waals surface area contributed by atoms with Crippen molar-refractivity contribution in [1.29, 1.82) is 0 Å². The number of nitrogens with two attached hydrogens (primary N) is 1. The molecule has 5 N–H and O–H groups in total. The van der Waals surface area contributed by atoms with Crippen molar-refractivity contribution in [3.63, 3.8) is 0 Å². The Morgan fingerprint density at radius 3 is 2.79 bits per heavy atom. The van der Waals surface area contributed by atoms with E-state index in [-0.39, 0.29) is 35.4 Å². The summed E-state index contributed by atoms with van der Waals surface area (Å²) < 4.78 is 22.1. The molecule has 15 heteroatoms. The van der Waals surface area contributed by atoms with E-state index in [0.717, 1.165) is 0 Å². The molecule has 2 aromatic heterocycles. The van der Waals surface area contributed by atoms with E-state index in [9.17, 15) is 19.7 Å². The van der Waals surface area contributed by atoms with Crippen LogP contribution in [-0.2, 0) is 13.8 Å². The molecule has 1 fully saturated rings. The predicted octanol–water partition coefficient (Wildman–Crippen LogP) is -5.40. The Kier molecular flexibility index (Phi) is 5.87. The van der Waals surface area contributed by atoms with Crippen LogP contribution in [0.4, 0.5) is 5.82 Å². The van der Waals surface area contributed by atoms with Gasteiger partial charge in [0.15, 0.2) is 17.9 Å². The normalized spacial score (nSPS) is 28.8. The number of aliphatic hydroxyl groups excluding tert-OH is 2. The number of aromatic nitrogens is 3. The average molecular weight is 422 g/mol. The van der Waals surface area contributed by atoms with E-state index in [0.29, 0.717) is 22.4 Å². The molecule has 5 unspecified atom stereocenters. The summed E-state index contributed by atoms with van der Waals surface area (Å²) in [6.45, 7) is -0.662. The van der Waals surface area contributed by atoms with E-state index in [1.54, 1.807) is 13.2 Å². The van der Waals surface area contributed by atoms with E-state index in [2.05, 4.69) is 19.6 Å². The van der Waals surface area contributed by atoms with Crippen LogP contribution in [0.15, 0.2) is 17.6 Å². The SMILES string of the molecule is CN1N=C(N)c2cn(C3OC(COP(=O)([O-])O)C(O)C3O)c3ncnc1c23.[Na+]. The van der Waals surface area contributed by atoms with Gasteiger partial charge in [-0.3, -0.25) is 4.57 Å². The Hall–Kier alpha value is -1.12. The number of hydrogen-bond acceptors (Lipinski definition) is 11. The van der Waals surface area contributed by atoms with Gasteiger partial charge in [0, 0.05) is 18.8 Å². The number of phosphoric acid groups is 1. The Morgan fingerprint density at radius 2 is 2.11 bits per heavy atom. The quantitative estimate of drug-likeness (QED) is 0.272. The van der Waals surface area contributed by atoms with Crippen molar-refractivity contribution in [2.24, 2.45) is 10.8 Å². The smallest absolute Gasteiger partial charge is 0.756 e. The second kappa shape index (κ2) is 7.61. The maximum absolute atomic E-state index is 10.8. The topological polar surface area (TPSA) is 192 Å². The number of rotatable bonds is 4. The molecule has 2 aliphatic heterocycles. The number of hydrazone groups is 1. The number of aliphatic hydroxyl groups is 2. The fourth-order valence-corrected chi connectivity index (χ4v) is 3.56. The second-order valence-electron chi connectivity index (χ2n) is 6.17. The minimum Gasteiger partial charge on any atom is -0.756 e. The molecule has 0 aliphatic carbocycles. The zero-order chi connectivity index (χ0) is 19.5. The Morgan fingerprint density at radius 1 is 1.39 bits per heavy atom. The Labute approximate surface area is 180 Å². The number of hydrogen-bond donors (Lipinski definition) is 4. The van der Waals surface area contributed by atoms with E-state index in [1.165, 1.54) is 15.9 Å². The molecule has 0 saturated carbocycles. The molecule has 0 spiro atoms. The van der Waals surface area contributed by atoms with Crippen molar-refractivity contribution in [2.45, 2.75) is 24.5 Å². The van der Waals surface area contributed by atoms with Crippen LogP contribution < -0.4 is 45.2 Å².